The number of carbonyl (C=O) groups is 2. The fraction of sp³-hybridized carbons (Fsp3) is 0.588. The zero-order valence-corrected chi connectivity index (χ0v) is 15.2. The van der Waals surface area contributed by atoms with Gasteiger partial charge >= 0.3 is 0 Å². The number of amides is 1. The Bertz CT molecular complexity index is 740. The van der Waals surface area contributed by atoms with Crippen LogP contribution >= 0.6 is 0 Å². The maximum absolute atomic E-state index is 11.9. The molecule has 4 rings (SSSR count). The lowest BCUT2D eigenvalue weighted by Gasteiger charge is -2.27. The molecule has 27 heavy (non-hydrogen) atoms. The third-order valence-electron chi connectivity index (χ3n) is 4.99. The molecule has 146 valence electrons. The number of nitrogens with zero attached hydrogens (tertiary/aromatic N) is 6. The second-order valence-electron chi connectivity index (χ2n) is 6.78. The minimum absolute atomic E-state index is 0.183. The van der Waals surface area contributed by atoms with Crippen molar-refractivity contribution in [1.82, 2.24) is 34.8 Å². The molecule has 10 nitrogen and oxygen atoms in total. The Hall–Kier alpha value is -2.75. The number of hydrogen-bond acceptors (Lipinski definition) is 6. The highest BCUT2D eigenvalue weighted by Gasteiger charge is 2.25. The van der Waals surface area contributed by atoms with Gasteiger partial charge in [0.15, 0.2) is 0 Å². The van der Waals surface area contributed by atoms with Crippen molar-refractivity contribution in [3.05, 3.63) is 30.1 Å². The molecule has 1 fully saturated rings. The Balaban J connectivity index is 0.000000659. The number of hydrogen-bond donors (Lipinski definition) is 2. The minimum atomic E-state index is -0.250. The molecule has 0 unspecified atom stereocenters. The molecule has 1 saturated carbocycles. The van der Waals surface area contributed by atoms with Gasteiger partial charge in [0, 0.05) is 32.1 Å². The molecule has 0 aromatic carbocycles. The predicted molar refractivity (Wildman–Crippen MR) is 95.4 cm³/mol. The van der Waals surface area contributed by atoms with Crippen molar-refractivity contribution in [3.8, 4) is 0 Å². The van der Waals surface area contributed by atoms with Gasteiger partial charge in [-0.05, 0) is 18.9 Å². The SMILES string of the molecule is O=C(NCc1cc2n(n1)CCN(CCn1cnnc1)C2)C1CCC1.O=CO. The highest BCUT2D eigenvalue weighted by atomic mass is 16.3. The van der Waals surface area contributed by atoms with Gasteiger partial charge in [-0.25, -0.2) is 0 Å². The third kappa shape index (κ3) is 5.13. The molecular formula is C17H25N7O3. The molecule has 2 aromatic heterocycles. The summed E-state index contributed by atoms with van der Waals surface area (Å²) in [5, 5.41) is 22.2. The summed E-state index contributed by atoms with van der Waals surface area (Å²) >= 11 is 0. The van der Waals surface area contributed by atoms with Crippen LogP contribution in [0.5, 0.6) is 0 Å². The Morgan fingerprint density at radius 1 is 1.26 bits per heavy atom. The summed E-state index contributed by atoms with van der Waals surface area (Å²) in [5.41, 5.74) is 2.18. The first kappa shape index (κ1) is 19.0. The largest absolute Gasteiger partial charge is 0.483 e. The summed E-state index contributed by atoms with van der Waals surface area (Å²) < 4.78 is 4.06. The Morgan fingerprint density at radius 3 is 2.67 bits per heavy atom. The highest BCUT2D eigenvalue weighted by Crippen LogP contribution is 2.26. The van der Waals surface area contributed by atoms with Crippen molar-refractivity contribution < 1.29 is 14.7 Å². The topological polar surface area (TPSA) is 118 Å². The van der Waals surface area contributed by atoms with E-state index in [4.69, 9.17) is 9.90 Å². The van der Waals surface area contributed by atoms with Gasteiger partial charge in [0.25, 0.3) is 6.47 Å². The van der Waals surface area contributed by atoms with Gasteiger partial charge < -0.3 is 15.0 Å². The molecule has 0 spiro atoms. The van der Waals surface area contributed by atoms with Crippen molar-refractivity contribution in [2.24, 2.45) is 5.92 Å². The van der Waals surface area contributed by atoms with Crippen molar-refractivity contribution in [1.29, 1.82) is 0 Å². The van der Waals surface area contributed by atoms with Crippen LogP contribution in [0.15, 0.2) is 18.7 Å². The molecule has 0 bridgehead atoms. The molecule has 1 aliphatic heterocycles. The molecule has 2 aromatic rings. The van der Waals surface area contributed by atoms with E-state index in [-0.39, 0.29) is 18.3 Å². The highest BCUT2D eigenvalue weighted by molar-refractivity contribution is 5.79. The van der Waals surface area contributed by atoms with E-state index in [2.05, 4.69) is 36.3 Å². The van der Waals surface area contributed by atoms with Gasteiger partial charge in [-0.1, -0.05) is 6.42 Å². The van der Waals surface area contributed by atoms with Gasteiger partial charge in [-0.2, -0.15) is 5.10 Å². The monoisotopic (exact) mass is 375 g/mol. The van der Waals surface area contributed by atoms with Crippen LogP contribution in [0.25, 0.3) is 0 Å². The van der Waals surface area contributed by atoms with Gasteiger partial charge in [0.1, 0.15) is 12.7 Å². The molecule has 10 heteroatoms. The summed E-state index contributed by atoms with van der Waals surface area (Å²) in [5.74, 6) is 0.415. The fourth-order valence-electron chi connectivity index (χ4n) is 3.24. The number of fused-ring (bicyclic) bond motifs is 1. The minimum Gasteiger partial charge on any atom is -0.483 e. The van der Waals surface area contributed by atoms with Gasteiger partial charge in [-0.3, -0.25) is 19.2 Å². The molecule has 1 amide bonds. The summed E-state index contributed by atoms with van der Waals surface area (Å²) in [6.45, 7) is 4.93. The van der Waals surface area contributed by atoms with Gasteiger partial charge in [0.2, 0.25) is 5.91 Å². The number of rotatable bonds is 6. The number of aromatic nitrogens is 5. The van der Waals surface area contributed by atoms with E-state index >= 15 is 0 Å². The molecule has 0 saturated heterocycles. The number of nitrogens with one attached hydrogen (secondary N) is 1. The quantitative estimate of drug-likeness (QED) is 0.688. The first-order chi connectivity index (χ1) is 13.2. The van der Waals surface area contributed by atoms with E-state index in [1.54, 1.807) is 12.7 Å². The number of carbonyl (C=O) groups excluding carboxylic acids is 1. The summed E-state index contributed by atoms with van der Waals surface area (Å²) in [6.07, 6.45) is 6.75. The first-order valence-electron chi connectivity index (χ1n) is 9.15. The lowest BCUT2D eigenvalue weighted by atomic mass is 9.85. The van der Waals surface area contributed by atoms with Crippen LogP contribution in [0.3, 0.4) is 0 Å². The van der Waals surface area contributed by atoms with Crippen molar-refractivity contribution in [2.75, 3.05) is 13.1 Å². The second kappa shape index (κ2) is 9.26. The standard InChI is InChI=1S/C16H23N7O.CH2O2/c24-16(13-2-1-3-13)17-9-14-8-15-10-21(6-7-23(15)20-14)4-5-22-11-18-19-12-22;2-1-3/h8,11-13H,1-7,9-10H2,(H,17,24);1H,(H,2,3). The molecule has 1 aliphatic carbocycles. The summed E-state index contributed by atoms with van der Waals surface area (Å²) in [4.78, 5) is 22.7. The molecule has 0 radical (unpaired) electrons. The first-order valence-corrected chi connectivity index (χ1v) is 9.15. The van der Waals surface area contributed by atoms with E-state index in [1.807, 2.05) is 4.57 Å². The number of carboxylic acid groups (broad SMARTS) is 1. The Labute approximate surface area is 157 Å². The van der Waals surface area contributed by atoms with E-state index < -0.39 is 0 Å². The molecular weight excluding hydrogens is 350 g/mol. The van der Waals surface area contributed by atoms with Crippen molar-refractivity contribution >= 4 is 12.4 Å². The smallest absolute Gasteiger partial charge is 0.290 e. The average molecular weight is 375 g/mol. The van der Waals surface area contributed by atoms with Crippen LogP contribution in [0.2, 0.25) is 0 Å². The zero-order chi connectivity index (χ0) is 19.1. The maximum Gasteiger partial charge on any atom is 0.290 e. The summed E-state index contributed by atoms with van der Waals surface area (Å²) in [6, 6.07) is 2.12. The van der Waals surface area contributed by atoms with E-state index in [1.165, 1.54) is 12.1 Å². The predicted octanol–water partition coefficient (Wildman–Crippen LogP) is 0.108. The van der Waals surface area contributed by atoms with Crippen LogP contribution in [0.4, 0.5) is 0 Å². The lowest BCUT2D eigenvalue weighted by Crippen LogP contribution is -2.35. The van der Waals surface area contributed by atoms with E-state index in [0.717, 1.165) is 51.3 Å². The second-order valence-corrected chi connectivity index (χ2v) is 6.78. The molecule has 2 N–H and O–H groups in total. The normalized spacial score (nSPS) is 16.6. The average Bonchev–Trinajstić information content (AvgIpc) is 3.26. The van der Waals surface area contributed by atoms with Gasteiger partial charge in [0.05, 0.1) is 24.5 Å². The Kier molecular flexibility index (Phi) is 6.53. The Morgan fingerprint density at radius 2 is 2.00 bits per heavy atom. The van der Waals surface area contributed by atoms with Crippen molar-refractivity contribution in [2.45, 2.75) is 45.4 Å². The van der Waals surface area contributed by atoms with Crippen LogP contribution in [-0.2, 0) is 35.8 Å². The zero-order valence-electron chi connectivity index (χ0n) is 15.2. The van der Waals surface area contributed by atoms with Crippen molar-refractivity contribution in [3.63, 3.8) is 0 Å². The maximum atomic E-state index is 11.9. The fourth-order valence-corrected chi connectivity index (χ4v) is 3.24. The molecule has 3 heterocycles. The van der Waals surface area contributed by atoms with E-state index in [0.29, 0.717) is 6.54 Å². The van der Waals surface area contributed by atoms with Crippen LogP contribution in [0.1, 0.15) is 30.7 Å². The third-order valence-corrected chi connectivity index (χ3v) is 4.99. The summed E-state index contributed by atoms with van der Waals surface area (Å²) in [7, 11) is 0. The van der Waals surface area contributed by atoms with Gasteiger partial charge in [-0.15, -0.1) is 10.2 Å². The van der Waals surface area contributed by atoms with Crippen LogP contribution in [-0.4, -0.2) is 60.0 Å². The van der Waals surface area contributed by atoms with Crippen LogP contribution < -0.4 is 5.32 Å². The van der Waals surface area contributed by atoms with Crippen LogP contribution in [0, 0.1) is 5.92 Å². The molecule has 2 aliphatic rings. The lowest BCUT2D eigenvalue weighted by molar-refractivity contribution is -0.127. The van der Waals surface area contributed by atoms with E-state index in [9.17, 15) is 4.79 Å². The molecule has 0 atom stereocenters.